The topological polar surface area (TPSA) is 24.7 Å². The van der Waals surface area contributed by atoms with E-state index in [1.807, 2.05) is 0 Å². The van der Waals surface area contributed by atoms with E-state index in [1.165, 1.54) is 38.3 Å². The fourth-order valence-corrected chi connectivity index (χ4v) is 6.90. The van der Waals surface area contributed by atoms with E-state index < -0.39 is 0 Å². The number of hydrogen-bond acceptors (Lipinski definition) is 2. The zero-order chi connectivity index (χ0) is 27.4. The van der Waals surface area contributed by atoms with Crippen molar-refractivity contribution in [1.82, 2.24) is 0 Å². The largest absolute Gasteiger partial charge is 0.248 e. The number of para-hydroxylation sites is 2. The van der Waals surface area contributed by atoms with Gasteiger partial charge in [0.1, 0.15) is 0 Å². The summed E-state index contributed by atoms with van der Waals surface area (Å²) in [5.41, 5.74) is 8.78. The number of benzene rings is 2. The molecule has 6 rings (SSSR count). The summed E-state index contributed by atoms with van der Waals surface area (Å²) in [5.74, 6) is 0.344. The number of nitrogens with zero attached hydrogens (tertiary/aromatic N) is 2. The molecule has 0 amide bonds. The molecular formula is C37H36N2. The molecule has 0 saturated carbocycles. The Balaban J connectivity index is 1.22. The monoisotopic (exact) mass is 508 g/mol. The second-order valence-electron chi connectivity index (χ2n) is 12.0. The SMILES string of the molecule is CC1=C(C=CC=CC=CC=C2C(C)C=C3N=c4ccccc4=C3C2(C)C)C(C)(C)C2=c3ccccc3=NC2=C1. The van der Waals surface area contributed by atoms with Crippen molar-refractivity contribution in [2.45, 2.75) is 41.5 Å². The maximum absolute atomic E-state index is 4.91. The molecule has 4 aliphatic rings. The molecule has 0 bridgehead atoms. The molecule has 0 spiro atoms. The van der Waals surface area contributed by atoms with Gasteiger partial charge in [-0.2, -0.15) is 0 Å². The van der Waals surface area contributed by atoms with Crippen LogP contribution >= 0.6 is 0 Å². The van der Waals surface area contributed by atoms with Gasteiger partial charge < -0.3 is 0 Å². The van der Waals surface area contributed by atoms with Crippen molar-refractivity contribution in [2.24, 2.45) is 26.7 Å². The van der Waals surface area contributed by atoms with Gasteiger partial charge in [0.15, 0.2) is 0 Å². The summed E-state index contributed by atoms with van der Waals surface area (Å²) in [6, 6.07) is 17.0. The standard InChI is InChI=1S/C37H36N2/c1-24-22-32-34(26-16-12-14-20-30(26)38-32)36(3,4)28(24)18-10-8-7-9-11-19-29-25(2)23-33-35(37(29,5)6)27-17-13-15-21-31(27)39-33/h7-24H,1-6H3. The molecule has 2 aliphatic heterocycles. The molecule has 39 heavy (non-hydrogen) atoms. The Morgan fingerprint density at radius 1 is 0.692 bits per heavy atom. The van der Waals surface area contributed by atoms with Gasteiger partial charge in [-0.25, -0.2) is 9.98 Å². The summed E-state index contributed by atoms with van der Waals surface area (Å²) in [6.07, 6.45) is 19.8. The average molecular weight is 509 g/mol. The number of hydrogen-bond donors (Lipinski definition) is 0. The summed E-state index contributed by atoms with van der Waals surface area (Å²) in [6.45, 7) is 13.8. The van der Waals surface area contributed by atoms with Crippen LogP contribution in [0.4, 0.5) is 0 Å². The second kappa shape index (κ2) is 9.31. The summed E-state index contributed by atoms with van der Waals surface area (Å²) in [7, 11) is 0. The van der Waals surface area contributed by atoms with Crippen LogP contribution in [0.2, 0.25) is 0 Å². The van der Waals surface area contributed by atoms with Crippen LogP contribution in [0.1, 0.15) is 41.5 Å². The van der Waals surface area contributed by atoms with E-state index in [0.29, 0.717) is 5.92 Å². The van der Waals surface area contributed by atoms with Gasteiger partial charge in [0.25, 0.3) is 0 Å². The Bertz CT molecular complexity index is 1860. The van der Waals surface area contributed by atoms with Gasteiger partial charge in [0.2, 0.25) is 0 Å². The quantitative estimate of drug-likeness (QED) is 0.430. The predicted octanol–water partition coefficient (Wildman–Crippen LogP) is 6.35. The predicted molar refractivity (Wildman–Crippen MR) is 162 cm³/mol. The van der Waals surface area contributed by atoms with Gasteiger partial charge in [0.05, 0.1) is 22.1 Å². The van der Waals surface area contributed by atoms with Crippen molar-refractivity contribution in [3.05, 3.63) is 152 Å². The molecule has 0 radical (unpaired) electrons. The molecule has 1 atom stereocenters. The molecule has 0 saturated heterocycles. The van der Waals surface area contributed by atoms with Gasteiger partial charge in [-0.3, -0.25) is 0 Å². The van der Waals surface area contributed by atoms with E-state index in [4.69, 9.17) is 9.98 Å². The highest BCUT2D eigenvalue weighted by atomic mass is 14.8. The molecule has 2 heteroatoms. The van der Waals surface area contributed by atoms with E-state index in [2.05, 4.69) is 145 Å². The van der Waals surface area contributed by atoms with Gasteiger partial charge in [-0.15, -0.1) is 0 Å². The Morgan fingerprint density at radius 3 is 1.95 bits per heavy atom. The molecule has 2 aromatic carbocycles. The molecular weight excluding hydrogens is 472 g/mol. The minimum atomic E-state index is -0.104. The highest BCUT2D eigenvalue weighted by Gasteiger charge is 2.38. The maximum atomic E-state index is 4.91. The zero-order valence-corrected chi connectivity index (χ0v) is 23.8. The van der Waals surface area contributed by atoms with Crippen molar-refractivity contribution in [3.8, 4) is 0 Å². The lowest BCUT2D eigenvalue weighted by molar-refractivity contribution is 0.525. The van der Waals surface area contributed by atoms with Gasteiger partial charge >= 0.3 is 0 Å². The van der Waals surface area contributed by atoms with Crippen molar-refractivity contribution in [2.75, 3.05) is 0 Å². The molecule has 0 N–H and O–H groups in total. The average Bonchev–Trinajstić information content (AvgIpc) is 3.45. The van der Waals surface area contributed by atoms with Crippen molar-refractivity contribution in [3.63, 3.8) is 0 Å². The van der Waals surface area contributed by atoms with Crippen LogP contribution in [0.25, 0.3) is 11.1 Å². The maximum Gasteiger partial charge on any atom is 0.0713 e. The van der Waals surface area contributed by atoms with Gasteiger partial charge in [-0.05, 0) is 53.3 Å². The zero-order valence-electron chi connectivity index (χ0n) is 23.8. The Hall–Kier alpha value is -4.04. The number of rotatable bonds is 4. The first-order chi connectivity index (χ1) is 18.7. The fourth-order valence-electron chi connectivity index (χ4n) is 6.90. The minimum Gasteiger partial charge on any atom is -0.248 e. The van der Waals surface area contributed by atoms with Crippen LogP contribution in [0.15, 0.2) is 141 Å². The lowest BCUT2D eigenvalue weighted by Crippen LogP contribution is -2.31. The minimum absolute atomic E-state index is 0.0701. The van der Waals surface area contributed by atoms with Crippen molar-refractivity contribution in [1.29, 1.82) is 0 Å². The third-order valence-electron chi connectivity index (χ3n) is 8.65. The molecule has 194 valence electrons. The summed E-state index contributed by atoms with van der Waals surface area (Å²) in [4.78, 5) is 9.81. The van der Waals surface area contributed by atoms with Gasteiger partial charge in [-0.1, -0.05) is 125 Å². The highest BCUT2D eigenvalue weighted by Crippen LogP contribution is 2.48. The van der Waals surface area contributed by atoms with Gasteiger partial charge in [0, 0.05) is 21.3 Å². The van der Waals surface area contributed by atoms with E-state index in [1.54, 1.807) is 0 Å². The van der Waals surface area contributed by atoms with E-state index >= 15 is 0 Å². The molecule has 1 unspecified atom stereocenters. The molecule has 0 fully saturated rings. The smallest absolute Gasteiger partial charge is 0.0713 e. The Kier molecular flexibility index (Phi) is 6.03. The van der Waals surface area contributed by atoms with Crippen LogP contribution in [0, 0.1) is 16.7 Å². The Morgan fingerprint density at radius 2 is 1.26 bits per heavy atom. The highest BCUT2D eigenvalue weighted by molar-refractivity contribution is 5.78. The lowest BCUT2D eigenvalue weighted by Gasteiger charge is -2.37. The van der Waals surface area contributed by atoms with Crippen LogP contribution < -0.4 is 21.2 Å². The third kappa shape index (κ3) is 4.10. The fraction of sp³-hybridized carbons (Fsp3) is 0.243. The first kappa shape index (κ1) is 25.2. The normalized spacial score (nSPS) is 23.5. The van der Waals surface area contributed by atoms with Crippen molar-refractivity contribution >= 4 is 11.1 Å². The summed E-state index contributed by atoms with van der Waals surface area (Å²) < 4.78 is 0. The van der Waals surface area contributed by atoms with Crippen LogP contribution in [-0.2, 0) is 0 Å². The lowest BCUT2D eigenvalue weighted by atomic mass is 9.67. The first-order valence-electron chi connectivity index (χ1n) is 13.9. The first-order valence-corrected chi connectivity index (χ1v) is 13.9. The Labute approximate surface area is 231 Å². The number of fused-ring (bicyclic) bond motifs is 4. The van der Waals surface area contributed by atoms with Crippen molar-refractivity contribution < 1.29 is 0 Å². The summed E-state index contributed by atoms with van der Waals surface area (Å²) >= 11 is 0. The molecule has 2 aliphatic carbocycles. The van der Waals surface area contributed by atoms with Crippen LogP contribution in [0.3, 0.4) is 0 Å². The van der Waals surface area contributed by atoms with E-state index in [0.717, 1.165) is 22.1 Å². The molecule has 2 nitrogen and oxygen atoms in total. The molecule has 0 aromatic heterocycles. The van der Waals surface area contributed by atoms with Crippen LogP contribution in [-0.4, -0.2) is 0 Å². The van der Waals surface area contributed by atoms with E-state index in [-0.39, 0.29) is 10.8 Å². The van der Waals surface area contributed by atoms with E-state index in [9.17, 15) is 0 Å². The molecule has 2 heterocycles. The van der Waals surface area contributed by atoms with Crippen LogP contribution in [0.5, 0.6) is 0 Å². The second-order valence-corrected chi connectivity index (χ2v) is 12.0. The number of allylic oxidation sites excluding steroid dienone is 14. The third-order valence-corrected chi connectivity index (χ3v) is 8.65. The molecule has 2 aromatic rings. The summed E-state index contributed by atoms with van der Waals surface area (Å²) in [5, 5.41) is 4.70.